The van der Waals surface area contributed by atoms with Gasteiger partial charge in [-0.05, 0) is 26.2 Å². The van der Waals surface area contributed by atoms with Gasteiger partial charge in [0.1, 0.15) is 5.82 Å². The Hall–Kier alpha value is -1.65. The highest BCUT2D eigenvalue weighted by Gasteiger charge is 2.14. The van der Waals surface area contributed by atoms with Gasteiger partial charge in [-0.1, -0.05) is 20.3 Å². The molecule has 0 aromatic carbocycles. The van der Waals surface area contributed by atoms with Crippen LogP contribution in [0, 0.1) is 23.0 Å². The van der Waals surface area contributed by atoms with Gasteiger partial charge >= 0.3 is 0 Å². The monoisotopic (exact) mass is 251 g/mol. The summed E-state index contributed by atoms with van der Waals surface area (Å²) in [7, 11) is 0. The van der Waals surface area contributed by atoms with Crippen LogP contribution in [0.4, 0.5) is 11.5 Å². The van der Waals surface area contributed by atoms with Crippen molar-refractivity contribution in [3.05, 3.63) is 27.9 Å². The van der Waals surface area contributed by atoms with E-state index < -0.39 is 0 Å². The average Bonchev–Trinajstić information content (AvgIpc) is 2.31. The average molecular weight is 251 g/mol. The molecule has 0 fully saturated rings. The van der Waals surface area contributed by atoms with Gasteiger partial charge in [0.15, 0.2) is 0 Å². The van der Waals surface area contributed by atoms with Crippen molar-refractivity contribution in [2.75, 3.05) is 5.32 Å². The molecule has 18 heavy (non-hydrogen) atoms. The molecular formula is C13H21N3O2. The maximum atomic E-state index is 10.8. The van der Waals surface area contributed by atoms with Crippen molar-refractivity contribution in [2.24, 2.45) is 5.92 Å². The number of nitrogens with zero attached hydrogens (tertiary/aromatic N) is 2. The summed E-state index contributed by atoms with van der Waals surface area (Å²) < 4.78 is 0. The smallest absolute Gasteiger partial charge is 0.277 e. The van der Waals surface area contributed by atoms with Crippen molar-refractivity contribution in [3.8, 4) is 0 Å². The molecule has 5 heteroatoms. The van der Waals surface area contributed by atoms with Crippen LogP contribution in [-0.2, 0) is 0 Å². The third-order valence-corrected chi connectivity index (χ3v) is 3.12. The first-order valence-electron chi connectivity index (χ1n) is 6.31. The van der Waals surface area contributed by atoms with E-state index >= 15 is 0 Å². The van der Waals surface area contributed by atoms with Gasteiger partial charge in [0.05, 0.1) is 11.0 Å². The van der Waals surface area contributed by atoms with Crippen molar-refractivity contribution in [1.29, 1.82) is 0 Å². The lowest BCUT2D eigenvalue weighted by atomic mass is 10.0. The number of hydrogen-bond acceptors (Lipinski definition) is 4. The normalized spacial score (nSPS) is 14.0. The van der Waals surface area contributed by atoms with Crippen molar-refractivity contribution in [1.82, 2.24) is 4.98 Å². The summed E-state index contributed by atoms with van der Waals surface area (Å²) in [6.45, 7) is 8.12. The van der Waals surface area contributed by atoms with Gasteiger partial charge in [0, 0.05) is 17.8 Å². The Morgan fingerprint density at radius 3 is 2.72 bits per heavy atom. The molecule has 0 bridgehead atoms. The zero-order valence-electron chi connectivity index (χ0n) is 11.4. The Labute approximate surface area is 108 Å². The second kappa shape index (κ2) is 6.33. The Balaban J connectivity index is 2.73. The summed E-state index contributed by atoms with van der Waals surface area (Å²) in [4.78, 5) is 14.6. The second-order valence-electron chi connectivity index (χ2n) is 4.91. The second-order valence-corrected chi connectivity index (χ2v) is 4.91. The quantitative estimate of drug-likeness (QED) is 0.620. The number of rotatable bonds is 6. The summed E-state index contributed by atoms with van der Waals surface area (Å²) in [6.07, 6.45) is 3.70. The number of pyridine rings is 1. The van der Waals surface area contributed by atoms with E-state index in [0.717, 1.165) is 12.8 Å². The van der Waals surface area contributed by atoms with Crippen LogP contribution in [-0.4, -0.2) is 15.9 Å². The lowest BCUT2D eigenvalue weighted by Gasteiger charge is -2.18. The van der Waals surface area contributed by atoms with Gasteiger partial charge in [-0.2, -0.15) is 0 Å². The first kappa shape index (κ1) is 14.4. The van der Waals surface area contributed by atoms with E-state index in [2.05, 4.69) is 31.1 Å². The third-order valence-electron chi connectivity index (χ3n) is 3.12. The number of nitrogens with one attached hydrogen (secondary N) is 1. The lowest BCUT2D eigenvalue weighted by Crippen LogP contribution is -2.19. The summed E-state index contributed by atoms with van der Waals surface area (Å²) in [5.41, 5.74) is 0.698. The minimum Gasteiger partial charge on any atom is -0.367 e. The lowest BCUT2D eigenvalue weighted by molar-refractivity contribution is -0.385. The van der Waals surface area contributed by atoms with Crippen molar-refractivity contribution >= 4 is 11.5 Å². The SMILES string of the molecule is CCC(C)CC(C)Nc1cc([N+](=O)[O-])c(C)cn1. The molecule has 0 radical (unpaired) electrons. The van der Waals surface area contributed by atoms with Crippen molar-refractivity contribution in [3.63, 3.8) is 0 Å². The van der Waals surface area contributed by atoms with Crippen LogP contribution in [0.1, 0.15) is 39.2 Å². The summed E-state index contributed by atoms with van der Waals surface area (Å²) >= 11 is 0. The summed E-state index contributed by atoms with van der Waals surface area (Å²) in [5, 5.41) is 14.0. The molecular weight excluding hydrogens is 230 g/mol. The van der Waals surface area contributed by atoms with Crippen LogP contribution in [0.5, 0.6) is 0 Å². The van der Waals surface area contributed by atoms with Crippen LogP contribution < -0.4 is 5.32 Å². The number of hydrogen-bond donors (Lipinski definition) is 1. The number of aromatic nitrogens is 1. The third kappa shape index (κ3) is 3.98. The van der Waals surface area contributed by atoms with Crippen LogP contribution in [0.15, 0.2) is 12.3 Å². The minimum atomic E-state index is -0.373. The molecule has 1 aromatic heterocycles. The van der Waals surface area contributed by atoms with Gasteiger partial charge in [0.25, 0.3) is 5.69 Å². The van der Waals surface area contributed by atoms with Gasteiger partial charge in [0.2, 0.25) is 0 Å². The van der Waals surface area contributed by atoms with Crippen LogP contribution in [0.2, 0.25) is 0 Å². The zero-order chi connectivity index (χ0) is 13.7. The molecule has 2 atom stereocenters. The molecule has 0 aliphatic rings. The molecule has 1 heterocycles. The van der Waals surface area contributed by atoms with Gasteiger partial charge < -0.3 is 5.32 Å². The molecule has 1 rings (SSSR count). The van der Waals surface area contributed by atoms with E-state index in [1.165, 1.54) is 12.3 Å². The Morgan fingerprint density at radius 2 is 2.17 bits per heavy atom. The molecule has 0 aliphatic heterocycles. The molecule has 1 N–H and O–H groups in total. The van der Waals surface area contributed by atoms with E-state index in [4.69, 9.17) is 0 Å². The molecule has 5 nitrogen and oxygen atoms in total. The predicted octanol–water partition coefficient (Wildman–Crippen LogP) is 3.53. The Bertz CT molecular complexity index is 421. The van der Waals surface area contributed by atoms with Gasteiger partial charge in [-0.25, -0.2) is 4.98 Å². The fourth-order valence-electron chi connectivity index (χ4n) is 1.87. The molecule has 1 aromatic rings. The molecule has 0 saturated carbocycles. The number of nitro groups is 1. The maximum absolute atomic E-state index is 10.8. The van der Waals surface area contributed by atoms with Gasteiger partial charge in [-0.3, -0.25) is 10.1 Å². The van der Waals surface area contributed by atoms with Crippen molar-refractivity contribution < 1.29 is 4.92 Å². The molecule has 0 amide bonds. The minimum absolute atomic E-state index is 0.114. The fourth-order valence-corrected chi connectivity index (χ4v) is 1.87. The van der Waals surface area contributed by atoms with E-state index in [1.54, 1.807) is 6.92 Å². The number of aryl methyl sites for hydroxylation is 1. The Kier molecular flexibility index (Phi) is 5.07. The summed E-state index contributed by atoms with van der Waals surface area (Å²) in [5.74, 6) is 1.20. The molecule has 0 aliphatic carbocycles. The zero-order valence-corrected chi connectivity index (χ0v) is 11.4. The van der Waals surface area contributed by atoms with Gasteiger partial charge in [-0.15, -0.1) is 0 Å². The molecule has 0 saturated heterocycles. The maximum Gasteiger partial charge on any atom is 0.277 e. The topological polar surface area (TPSA) is 68.1 Å². The first-order chi connectivity index (χ1) is 8.43. The van der Waals surface area contributed by atoms with Crippen molar-refractivity contribution in [2.45, 2.75) is 46.6 Å². The fraction of sp³-hybridized carbons (Fsp3) is 0.615. The number of anilines is 1. The Morgan fingerprint density at radius 1 is 1.50 bits per heavy atom. The largest absolute Gasteiger partial charge is 0.367 e. The molecule has 100 valence electrons. The van der Waals surface area contributed by atoms with E-state index in [0.29, 0.717) is 17.3 Å². The highest BCUT2D eigenvalue weighted by Crippen LogP contribution is 2.21. The highest BCUT2D eigenvalue weighted by molar-refractivity contribution is 5.49. The van der Waals surface area contributed by atoms with E-state index in [-0.39, 0.29) is 16.7 Å². The van der Waals surface area contributed by atoms with E-state index in [9.17, 15) is 10.1 Å². The van der Waals surface area contributed by atoms with E-state index in [1.807, 2.05) is 0 Å². The van der Waals surface area contributed by atoms with Crippen LogP contribution in [0.25, 0.3) is 0 Å². The standard InChI is InChI=1S/C13H21N3O2/c1-5-9(2)6-11(4)15-13-7-12(16(17)18)10(3)8-14-13/h7-9,11H,5-6H2,1-4H3,(H,14,15). The molecule has 2 unspecified atom stereocenters. The predicted molar refractivity (Wildman–Crippen MR) is 72.8 cm³/mol. The molecule has 0 spiro atoms. The highest BCUT2D eigenvalue weighted by atomic mass is 16.6. The first-order valence-corrected chi connectivity index (χ1v) is 6.31. The van der Waals surface area contributed by atoms with Crippen LogP contribution in [0.3, 0.4) is 0 Å². The summed E-state index contributed by atoms with van der Waals surface area (Å²) in [6, 6.07) is 1.76. The van der Waals surface area contributed by atoms with Crippen LogP contribution >= 0.6 is 0 Å².